The molecule has 0 saturated carbocycles. The zero-order valence-corrected chi connectivity index (χ0v) is 16.3. The fourth-order valence-electron chi connectivity index (χ4n) is 3.82. The van der Waals surface area contributed by atoms with Crippen LogP contribution >= 0.6 is 0 Å². The third-order valence-corrected chi connectivity index (χ3v) is 5.29. The first kappa shape index (κ1) is 20.0. The summed E-state index contributed by atoms with van der Waals surface area (Å²) in [6, 6.07) is 18.8. The molecule has 3 aromatic carbocycles. The maximum Gasteiger partial charge on any atom is 0.416 e. The van der Waals surface area contributed by atoms with Crippen molar-refractivity contribution < 1.29 is 22.7 Å². The molecule has 0 saturated heterocycles. The number of hydrogen-bond donors (Lipinski definition) is 1. The summed E-state index contributed by atoms with van der Waals surface area (Å²) in [5, 5.41) is 5.05. The Bertz CT molecular complexity index is 1130. The molecule has 0 fully saturated rings. The van der Waals surface area contributed by atoms with Crippen molar-refractivity contribution in [2.75, 3.05) is 7.05 Å². The highest BCUT2D eigenvalue weighted by atomic mass is 19.4. The lowest BCUT2D eigenvalue weighted by Crippen LogP contribution is -2.19. The zero-order chi connectivity index (χ0) is 21.3. The van der Waals surface area contributed by atoms with Crippen LogP contribution in [0.2, 0.25) is 0 Å². The van der Waals surface area contributed by atoms with Crippen LogP contribution in [0, 0.1) is 0 Å². The van der Waals surface area contributed by atoms with Crippen LogP contribution < -0.4 is 5.32 Å². The fourth-order valence-corrected chi connectivity index (χ4v) is 3.82. The fraction of sp³-hybridized carbons (Fsp3) is 0.208. The minimum atomic E-state index is -4.48. The van der Waals surface area contributed by atoms with Crippen molar-refractivity contribution in [1.82, 2.24) is 5.32 Å². The van der Waals surface area contributed by atoms with E-state index in [0.717, 1.165) is 28.5 Å². The van der Waals surface area contributed by atoms with Gasteiger partial charge in [-0.15, -0.1) is 0 Å². The van der Waals surface area contributed by atoms with E-state index in [1.54, 1.807) is 7.05 Å². The smallest absolute Gasteiger partial charge is 0.416 e. The Hall–Kier alpha value is -3.28. The first-order chi connectivity index (χ1) is 14.4. The lowest BCUT2D eigenvalue weighted by Gasteiger charge is -2.12. The van der Waals surface area contributed by atoms with Gasteiger partial charge in [0.2, 0.25) is 5.78 Å². The van der Waals surface area contributed by atoms with Gasteiger partial charge in [-0.1, -0.05) is 54.6 Å². The monoisotopic (exact) mass is 411 g/mol. The second-order valence-corrected chi connectivity index (χ2v) is 7.18. The summed E-state index contributed by atoms with van der Waals surface area (Å²) >= 11 is 0. The van der Waals surface area contributed by atoms with Gasteiger partial charge >= 0.3 is 6.18 Å². The molecule has 1 N–H and O–H groups in total. The Balaban J connectivity index is 1.57. The number of halogens is 3. The summed E-state index contributed by atoms with van der Waals surface area (Å²) in [6.07, 6.45) is -4.17. The van der Waals surface area contributed by atoms with Crippen molar-refractivity contribution in [3.05, 3.63) is 89.3 Å². The van der Waals surface area contributed by atoms with Crippen LogP contribution in [0.3, 0.4) is 0 Å². The summed E-state index contributed by atoms with van der Waals surface area (Å²) in [5.41, 5.74) is 0.663. The number of rotatable bonds is 5. The van der Waals surface area contributed by atoms with Crippen molar-refractivity contribution in [3.8, 4) is 0 Å². The molecule has 6 heteroatoms. The summed E-state index contributed by atoms with van der Waals surface area (Å²) in [5.74, 6) is -0.0962. The standard InChI is InChI=1S/C24H20F3NO2/c1-28-23-21(17-9-5-10-18(14-17)24(25,26)27)22(29)20(30-23)13-12-16-8-4-7-15-6-2-3-11-19(15)16/h2-11,14,20,28H,12-13H2,1H3. The average Bonchev–Trinajstić information content (AvgIpc) is 3.07. The maximum atomic E-state index is 13.1. The predicted molar refractivity (Wildman–Crippen MR) is 110 cm³/mol. The van der Waals surface area contributed by atoms with Crippen molar-refractivity contribution in [1.29, 1.82) is 0 Å². The summed E-state index contributed by atoms with van der Waals surface area (Å²) in [4.78, 5) is 13.0. The van der Waals surface area contributed by atoms with Crippen molar-refractivity contribution in [2.24, 2.45) is 0 Å². The lowest BCUT2D eigenvalue weighted by atomic mass is 9.94. The van der Waals surface area contributed by atoms with Gasteiger partial charge in [0.25, 0.3) is 0 Å². The second kappa shape index (κ2) is 7.86. The molecule has 1 unspecified atom stereocenters. The predicted octanol–water partition coefficient (Wildman–Crippen LogP) is 5.35. The maximum absolute atomic E-state index is 13.1. The number of benzene rings is 3. The van der Waals surface area contributed by atoms with E-state index in [1.807, 2.05) is 42.5 Å². The minimum Gasteiger partial charge on any atom is -0.467 e. The van der Waals surface area contributed by atoms with Crippen LogP contribution in [0.15, 0.2) is 72.6 Å². The van der Waals surface area contributed by atoms with E-state index in [9.17, 15) is 18.0 Å². The zero-order valence-electron chi connectivity index (χ0n) is 16.3. The Kier molecular flexibility index (Phi) is 5.24. The van der Waals surface area contributed by atoms with E-state index in [4.69, 9.17) is 4.74 Å². The largest absolute Gasteiger partial charge is 0.467 e. The lowest BCUT2D eigenvalue weighted by molar-refractivity contribution is -0.137. The number of carbonyl (C=O) groups excluding carboxylic acids is 1. The summed E-state index contributed by atoms with van der Waals surface area (Å²) in [6.45, 7) is 0. The highest BCUT2D eigenvalue weighted by molar-refractivity contribution is 6.25. The molecule has 0 aromatic heterocycles. The number of fused-ring (bicyclic) bond motifs is 1. The topological polar surface area (TPSA) is 38.3 Å². The van der Waals surface area contributed by atoms with Crippen LogP contribution in [-0.2, 0) is 22.1 Å². The number of aryl methyl sites for hydroxylation is 1. The Morgan fingerprint density at radius 2 is 1.73 bits per heavy atom. The second-order valence-electron chi connectivity index (χ2n) is 7.18. The molecule has 0 bridgehead atoms. The first-order valence-electron chi connectivity index (χ1n) is 9.65. The molecule has 4 rings (SSSR count). The van der Waals surface area contributed by atoms with Gasteiger partial charge in [0.15, 0.2) is 12.0 Å². The van der Waals surface area contributed by atoms with Gasteiger partial charge in [-0.25, -0.2) is 0 Å². The van der Waals surface area contributed by atoms with E-state index in [-0.39, 0.29) is 22.8 Å². The molecule has 0 aliphatic carbocycles. The van der Waals surface area contributed by atoms with E-state index in [1.165, 1.54) is 12.1 Å². The molecule has 154 valence electrons. The first-order valence-corrected chi connectivity index (χ1v) is 9.65. The molecule has 3 aromatic rings. The van der Waals surface area contributed by atoms with Crippen LogP contribution in [0.5, 0.6) is 0 Å². The minimum absolute atomic E-state index is 0.159. The number of carbonyl (C=O) groups is 1. The summed E-state index contributed by atoms with van der Waals surface area (Å²) in [7, 11) is 1.59. The Morgan fingerprint density at radius 1 is 1.00 bits per heavy atom. The van der Waals surface area contributed by atoms with Crippen LogP contribution in [0.4, 0.5) is 13.2 Å². The van der Waals surface area contributed by atoms with Gasteiger partial charge < -0.3 is 10.1 Å². The molecule has 1 atom stereocenters. The van der Waals surface area contributed by atoms with E-state index in [0.29, 0.717) is 12.8 Å². The number of Topliss-reactive ketones (excluding diaryl/α,β-unsaturated/α-hetero) is 1. The van der Waals surface area contributed by atoms with E-state index >= 15 is 0 Å². The molecule has 1 aliphatic rings. The average molecular weight is 411 g/mol. The Labute approximate surface area is 172 Å². The van der Waals surface area contributed by atoms with Gasteiger partial charge in [0.05, 0.1) is 11.1 Å². The molecule has 0 radical (unpaired) electrons. The third kappa shape index (κ3) is 3.77. The van der Waals surface area contributed by atoms with Gasteiger partial charge in [-0.05, 0) is 46.9 Å². The molecular formula is C24H20F3NO2. The summed E-state index contributed by atoms with van der Waals surface area (Å²) < 4.78 is 45.1. The molecule has 0 amide bonds. The number of ketones is 1. The number of ether oxygens (including phenoxy) is 1. The van der Waals surface area contributed by atoms with Gasteiger partial charge in [0, 0.05) is 7.05 Å². The van der Waals surface area contributed by atoms with Crippen LogP contribution in [0.1, 0.15) is 23.1 Å². The SMILES string of the molecule is CNC1=C(c2cccc(C(F)(F)F)c2)C(=O)C(CCc2cccc3ccccc23)O1. The number of hydrogen-bond acceptors (Lipinski definition) is 3. The number of alkyl halides is 3. The van der Waals surface area contributed by atoms with E-state index in [2.05, 4.69) is 5.32 Å². The van der Waals surface area contributed by atoms with Crippen LogP contribution in [0.25, 0.3) is 16.3 Å². The van der Waals surface area contributed by atoms with Crippen molar-refractivity contribution >= 4 is 22.1 Å². The highest BCUT2D eigenvalue weighted by Gasteiger charge is 2.37. The normalized spacial score (nSPS) is 16.8. The molecular weight excluding hydrogens is 391 g/mol. The molecule has 0 spiro atoms. The highest BCUT2D eigenvalue weighted by Crippen LogP contribution is 2.35. The molecule has 1 heterocycles. The number of nitrogens with one attached hydrogen (secondary N) is 1. The van der Waals surface area contributed by atoms with E-state index < -0.39 is 17.8 Å². The molecule has 30 heavy (non-hydrogen) atoms. The Morgan fingerprint density at radius 3 is 2.50 bits per heavy atom. The third-order valence-electron chi connectivity index (χ3n) is 5.29. The van der Waals surface area contributed by atoms with Gasteiger partial charge in [0.1, 0.15) is 0 Å². The van der Waals surface area contributed by atoms with Crippen molar-refractivity contribution in [2.45, 2.75) is 25.1 Å². The van der Waals surface area contributed by atoms with Gasteiger partial charge in [-0.3, -0.25) is 4.79 Å². The molecule has 1 aliphatic heterocycles. The van der Waals surface area contributed by atoms with Gasteiger partial charge in [-0.2, -0.15) is 13.2 Å². The quantitative estimate of drug-likeness (QED) is 0.615. The van der Waals surface area contributed by atoms with Crippen molar-refractivity contribution in [3.63, 3.8) is 0 Å². The molecule has 3 nitrogen and oxygen atoms in total. The van der Waals surface area contributed by atoms with Crippen LogP contribution in [-0.4, -0.2) is 18.9 Å².